The molecule has 1 N–H and O–H groups in total. The van der Waals surface area contributed by atoms with E-state index in [2.05, 4.69) is 24.3 Å². The van der Waals surface area contributed by atoms with E-state index in [1.54, 1.807) is 18.4 Å². The number of thiophene rings is 1. The van der Waals surface area contributed by atoms with Crippen LogP contribution in [0, 0.1) is 6.92 Å². The van der Waals surface area contributed by atoms with Crippen molar-refractivity contribution in [2.45, 2.75) is 33.1 Å². The second-order valence-corrected chi connectivity index (χ2v) is 7.00. The smallest absolute Gasteiger partial charge is 0.281 e. The molecule has 26 heavy (non-hydrogen) atoms. The molecular formula is C19H21N3O3S. The van der Waals surface area contributed by atoms with Crippen LogP contribution in [0.4, 0.5) is 0 Å². The molecule has 0 radical (unpaired) electrons. The molecule has 6 nitrogen and oxygen atoms in total. The number of hydrogen-bond acceptors (Lipinski definition) is 5. The van der Waals surface area contributed by atoms with Gasteiger partial charge in [-0.2, -0.15) is 0 Å². The van der Waals surface area contributed by atoms with Crippen molar-refractivity contribution in [1.29, 1.82) is 0 Å². The Hall–Kier alpha value is -2.67. The maximum absolute atomic E-state index is 12.5. The first kappa shape index (κ1) is 18.1. The van der Waals surface area contributed by atoms with Crippen molar-refractivity contribution in [1.82, 2.24) is 9.66 Å². The van der Waals surface area contributed by atoms with Crippen molar-refractivity contribution in [3.8, 4) is 5.75 Å². The number of carbonyl (C=O) groups is 1. The minimum absolute atomic E-state index is 0.180. The van der Waals surface area contributed by atoms with Gasteiger partial charge in [0.2, 0.25) is 0 Å². The maximum Gasteiger partial charge on any atom is 0.281 e. The zero-order chi connectivity index (χ0) is 18.7. The Bertz CT molecular complexity index is 993. The van der Waals surface area contributed by atoms with E-state index in [-0.39, 0.29) is 12.2 Å². The van der Waals surface area contributed by atoms with Gasteiger partial charge in [0.05, 0.1) is 5.39 Å². The fourth-order valence-corrected chi connectivity index (χ4v) is 3.49. The molecule has 0 aliphatic rings. The average Bonchev–Trinajstić information content (AvgIpc) is 3.11. The molecule has 2 aromatic heterocycles. The van der Waals surface area contributed by atoms with Crippen LogP contribution in [0.1, 0.15) is 37.6 Å². The lowest BCUT2D eigenvalue weighted by molar-refractivity contribution is -0.119. The van der Waals surface area contributed by atoms with E-state index in [1.807, 2.05) is 24.3 Å². The van der Waals surface area contributed by atoms with E-state index in [4.69, 9.17) is 4.74 Å². The second-order valence-electron chi connectivity index (χ2n) is 6.11. The van der Waals surface area contributed by atoms with Crippen molar-refractivity contribution in [3.05, 3.63) is 57.5 Å². The van der Waals surface area contributed by atoms with E-state index < -0.39 is 5.91 Å². The van der Waals surface area contributed by atoms with Gasteiger partial charge in [-0.25, -0.2) is 9.66 Å². The third-order valence-electron chi connectivity index (χ3n) is 4.32. The van der Waals surface area contributed by atoms with Gasteiger partial charge >= 0.3 is 0 Å². The maximum atomic E-state index is 12.5. The van der Waals surface area contributed by atoms with Gasteiger partial charge < -0.3 is 4.74 Å². The van der Waals surface area contributed by atoms with Gasteiger partial charge in [-0.3, -0.25) is 15.0 Å². The van der Waals surface area contributed by atoms with Crippen LogP contribution < -0.4 is 15.7 Å². The van der Waals surface area contributed by atoms with Gasteiger partial charge in [0.15, 0.2) is 6.61 Å². The fraction of sp³-hybridized carbons (Fsp3) is 0.316. The number of nitrogens with one attached hydrogen (secondary N) is 1. The van der Waals surface area contributed by atoms with Gasteiger partial charge in [-0.15, -0.1) is 11.3 Å². The number of amides is 1. The van der Waals surface area contributed by atoms with Gasteiger partial charge in [-0.05, 0) is 42.3 Å². The Labute approximate surface area is 155 Å². The molecule has 0 bridgehead atoms. The summed E-state index contributed by atoms with van der Waals surface area (Å²) in [5, 5.41) is 2.29. The Morgan fingerprint density at radius 1 is 1.35 bits per heavy atom. The SMILES string of the molecule is CCC(C)c1ccccc1OCC(=O)Nn1c(C)nc2sccc2c1=O. The highest BCUT2D eigenvalue weighted by Crippen LogP contribution is 2.28. The van der Waals surface area contributed by atoms with Crippen LogP contribution in [-0.2, 0) is 4.79 Å². The molecule has 0 aliphatic carbocycles. The summed E-state index contributed by atoms with van der Waals surface area (Å²) in [7, 11) is 0. The third kappa shape index (κ3) is 3.62. The fourth-order valence-electron chi connectivity index (χ4n) is 2.69. The minimum atomic E-state index is -0.412. The molecule has 3 rings (SSSR count). The molecule has 0 spiro atoms. The van der Waals surface area contributed by atoms with Crippen LogP contribution in [0.25, 0.3) is 10.2 Å². The minimum Gasteiger partial charge on any atom is -0.483 e. The van der Waals surface area contributed by atoms with E-state index in [0.717, 1.165) is 12.0 Å². The predicted molar refractivity (Wildman–Crippen MR) is 104 cm³/mol. The number of aromatic nitrogens is 2. The summed E-state index contributed by atoms with van der Waals surface area (Å²) in [5.41, 5.74) is 3.35. The summed E-state index contributed by atoms with van der Waals surface area (Å²) in [6.07, 6.45) is 0.980. The van der Waals surface area contributed by atoms with E-state index in [9.17, 15) is 9.59 Å². The largest absolute Gasteiger partial charge is 0.483 e. The number of rotatable bonds is 6. The molecule has 1 aromatic carbocycles. The van der Waals surface area contributed by atoms with Gasteiger partial charge in [0, 0.05) is 0 Å². The number of benzene rings is 1. The first-order valence-corrected chi connectivity index (χ1v) is 9.37. The summed E-state index contributed by atoms with van der Waals surface area (Å²) in [6, 6.07) is 9.40. The van der Waals surface area contributed by atoms with Crippen molar-refractivity contribution in [2.24, 2.45) is 0 Å². The van der Waals surface area contributed by atoms with Crippen LogP contribution in [0.15, 0.2) is 40.5 Å². The number of fused-ring (bicyclic) bond motifs is 1. The Kier molecular flexibility index (Phi) is 5.37. The molecule has 2 heterocycles. The van der Waals surface area contributed by atoms with Gasteiger partial charge in [-0.1, -0.05) is 32.0 Å². The van der Waals surface area contributed by atoms with Crippen molar-refractivity contribution >= 4 is 27.5 Å². The highest BCUT2D eigenvalue weighted by atomic mass is 32.1. The Balaban J connectivity index is 1.74. The van der Waals surface area contributed by atoms with E-state index in [1.165, 1.54) is 16.0 Å². The first-order chi connectivity index (χ1) is 12.5. The number of ether oxygens (including phenoxy) is 1. The summed E-state index contributed by atoms with van der Waals surface area (Å²) in [4.78, 5) is 29.8. The summed E-state index contributed by atoms with van der Waals surface area (Å²) in [5.74, 6) is 1.04. The van der Waals surface area contributed by atoms with Gasteiger partial charge in [0.25, 0.3) is 11.5 Å². The molecule has 0 saturated heterocycles. The Morgan fingerprint density at radius 3 is 2.88 bits per heavy atom. The van der Waals surface area contributed by atoms with Crippen LogP contribution in [0.5, 0.6) is 5.75 Å². The summed E-state index contributed by atoms with van der Waals surface area (Å²) >= 11 is 1.40. The summed E-state index contributed by atoms with van der Waals surface area (Å²) < 4.78 is 6.87. The highest BCUT2D eigenvalue weighted by Gasteiger charge is 2.14. The molecule has 3 aromatic rings. The first-order valence-electron chi connectivity index (χ1n) is 8.49. The van der Waals surface area contributed by atoms with E-state index >= 15 is 0 Å². The topological polar surface area (TPSA) is 73.2 Å². The van der Waals surface area contributed by atoms with Crippen LogP contribution in [-0.4, -0.2) is 22.2 Å². The molecule has 136 valence electrons. The zero-order valence-electron chi connectivity index (χ0n) is 15.0. The normalized spacial score (nSPS) is 12.1. The van der Waals surface area contributed by atoms with Crippen LogP contribution in [0.3, 0.4) is 0 Å². The summed E-state index contributed by atoms with van der Waals surface area (Å²) in [6.45, 7) is 5.73. The second kappa shape index (κ2) is 7.70. The third-order valence-corrected chi connectivity index (χ3v) is 5.13. The predicted octanol–water partition coefficient (Wildman–Crippen LogP) is 3.43. The zero-order valence-corrected chi connectivity index (χ0v) is 15.8. The molecule has 0 saturated carbocycles. The quantitative estimate of drug-likeness (QED) is 0.720. The monoisotopic (exact) mass is 371 g/mol. The molecule has 1 atom stereocenters. The van der Waals surface area contributed by atoms with Gasteiger partial charge in [0.1, 0.15) is 16.4 Å². The lowest BCUT2D eigenvalue weighted by Crippen LogP contribution is -2.37. The molecule has 7 heteroatoms. The lowest BCUT2D eigenvalue weighted by atomic mass is 9.98. The molecule has 0 aliphatic heterocycles. The Morgan fingerprint density at radius 2 is 2.12 bits per heavy atom. The van der Waals surface area contributed by atoms with Crippen molar-refractivity contribution in [2.75, 3.05) is 12.0 Å². The average molecular weight is 371 g/mol. The van der Waals surface area contributed by atoms with Crippen LogP contribution >= 0.6 is 11.3 Å². The van der Waals surface area contributed by atoms with E-state index in [0.29, 0.717) is 27.7 Å². The molecular weight excluding hydrogens is 350 g/mol. The van der Waals surface area contributed by atoms with Crippen molar-refractivity contribution < 1.29 is 9.53 Å². The van der Waals surface area contributed by atoms with Crippen LogP contribution in [0.2, 0.25) is 0 Å². The molecule has 0 fully saturated rings. The lowest BCUT2D eigenvalue weighted by Gasteiger charge is -2.16. The molecule has 1 amide bonds. The molecule has 1 unspecified atom stereocenters. The number of hydrogen-bond donors (Lipinski definition) is 1. The number of para-hydroxylation sites is 1. The van der Waals surface area contributed by atoms with Crippen molar-refractivity contribution in [3.63, 3.8) is 0 Å². The standard InChI is InChI=1S/C19H21N3O3S/c1-4-12(2)14-7-5-6-8-16(14)25-11-17(23)21-22-13(3)20-18-15(19(22)24)9-10-26-18/h5-10,12H,4,11H2,1-3H3,(H,21,23). The highest BCUT2D eigenvalue weighted by molar-refractivity contribution is 7.16. The number of carbonyl (C=O) groups excluding carboxylic acids is 1. The number of nitrogens with zero attached hydrogens (tertiary/aromatic N) is 2. The number of aryl methyl sites for hydroxylation is 1.